The first-order chi connectivity index (χ1) is 14.4. The van der Waals surface area contributed by atoms with Gasteiger partial charge in [0.1, 0.15) is 11.9 Å². The first-order valence-electron chi connectivity index (χ1n) is 8.93. The molecule has 0 bridgehead atoms. The molecule has 1 aromatic heterocycles. The summed E-state index contributed by atoms with van der Waals surface area (Å²) in [7, 11) is 0. The van der Waals surface area contributed by atoms with Gasteiger partial charge in [-0.3, -0.25) is 19.5 Å². The lowest BCUT2D eigenvalue weighted by molar-refractivity contribution is -0.118. The zero-order chi connectivity index (χ0) is 21.3. The van der Waals surface area contributed by atoms with E-state index in [4.69, 9.17) is 11.6 Å². The lowest BCUT2D eigenvalue weighted by atomic mass is 9.99. The van der Waals surface area contributed by atoms with Gasteiger partial charge in [0.05, 0.1) is 15.1 Å². The highest BCUT2D eigenvalue weighted by atomic mass is 79.9. The van der Waals surface area contributed by atoms with Crippen molar-refractivity contribution in [3.8, 4) is 0 Å². The predicted octanol–water partition coefficient (Wildman–Crippen LogP) is 3.37. The van der Waals surface area contributed by atoms with Crippen LogP contribution in [0.1, 0.15) is 26.4 Å². The van der Waals surface area contributed by atoms with E-state index in [9.17, 15) is 14.4 Å². The first-order valence-corrected chi connectivity index (χ1v) is 10.1. The molecule has 1 aliphatic heterocycles. The second-order valence-electron chi connectivity index (χ2n) is 6.57. The summed E-state index contributed by atoms with van der Waals surface area (Å²) in [5, 5.41) is 14.9. The number of amides is 3. The van der Waals surface area contributed by atoms with Crippen LogP contribution >= 0.6 is 27.5 Å². The summed E-state index contributed by atoms with van der Waals surface area (Å²) in [5.41, 5.74) is 1.95. The van der Waals surface area contributed by atoms with Crippen LogP contribution in [0.2, 0.25) is 5.02 Å². The Bertz CT molecular complexity index is 1160. The maximum atomic E-state index is 12.7. The van der Waals surface area contributed by atoms with Crippen LogP contribution in [0.3, 0.4) is 0 Å². The van der Waals surface area contributed by atoms with Gasteiger partial charge < -0.3 is 16.0 Å². The van der Waals surface area contributed by atoms with E-state index in [1.165, 1.54) is 0 Å². The Labute approximate surface area is 184 Å². The van der Waals surface area contributed by atoms with Gasteiger partial charge in [0.25, 0.3) is 11.8 Å². The second-order valence-corrected chi connectivity index (χ2v) is 7.77. The molecule has 0 aliphatic carbocycles. The normalized spacial score (nSPS) is 15.1. The molecule has 4 rings (SSSR count). The third-order valence-electron chi connectivity index (χ3n) is 4.60. The third-order valence-corrected chi connectivity index (χ3v) is 5.70. The SMILES string of the molecule is O=C(Nc1[nH]nc(C(=O)NC2Cc3ccccc3NC2=O)c1Br)c1ccccc1Cl. The Kier molecular flexibility index (Phi) is 5.56. The number of anilines is 2. The minimum atomic E-state index is -0.739. The van der Waals surface area contributed by atoms with E-state index in [2.05, 4.69) is 42.1 Å². The van der Waals surface area contributed by atoms with E-state index >= 15 is 0 Å². The van der Waals surface area contributed by atoms with Crippen LogP contribution in [0, 0.1) is 0 Å². The molecular weight excluding hydrogens is 474 g/mol. The van der Waals surface area contributed by atoms with Gasteiger partial charge in [-0.2, -0.15) is 5.10 Å². The highest BCUT2D eigenvalue weighted by molar-refractivity contribution is 9.10. The van der Waals surface area contributed by atoms with Crippen LogP contribution in [0.4, 0.5) is 11.5 Å². The molecule has 1 atom stereocenters. The Morgan fingerprint density at radius 1 is 1.10 bits per heavy atom. The number of nitrogens with one attached hydrogen (secondary N) is 4. The van der Waals surface area contributed by atoms with Crippen molar-refractivity contribution in [3.05, 3.63) is 74.8 Å². The topological polar surface area (TPSA) is 116 Å². The fraction of sp³-hybridized carbons (Fsp3) is 0.100. The van der Waals surface area contributed by atoms with Crippen LogP contribution in [0.5, 0.6) is 0 Å². The fourth-order valence-corrected chi connectivity index (χ4v) is 3.76. The summed E-state index contributed by atoms with van der Waals surface area (Å²) in [5.74, 6) is -1.12. The molecule has 0 saturated heterocycles. The summed E-state index contributed by atoms with van der Waals surface area (Å²) in [6.07, 6.45) is 0.367. The maximum absolute atomic E-state index is 12.7. The van der Waals surface area contributed by atoms with Crippen LogP contribution < -0.4 is 16.0 Å². The fourth-order valence-electron chi connectivity index (χ4n) is 3.08. The zero-order valence-corrected chi connectivity index (χ0v) is 17.7. The molecule has 30 heavy (non-hydrogen) atoms. The molecule has 0 spiro atoms. The van der Waals surface area contributed by atoms with Gasteiger partial charge in [-0.25, -0.2) is 0 Å². The monoisotopic (exact) mass is 487 g/mol. The average molecular weight is 489 g/mol. The summed E-state index contributed by atoms with van der Waals surface area (Å²) >= 11 is 9.31. The standard InChI is InChI=1S/C20H15BrClN5O3/c21-15-16(26-27-17(15)25-18(28)11-6-2-3-7-12(11)22)20(30)24-14-9-10-5-1-4-8-13(10)23-19(14)29/h1-8,14H,9H2,(H,23,29)(H,24,30)(H2,25,26,27,28). The number of aromatic nitrogens is 2. The molecule has 4 N–H and O–H groups in total. The summed E-state index contributed by atoms with van der Waals surface area (Å²) in [4.78, 5) is 37.4. The Balaban J connectivity index is 1.47. The van der Waals surface area contributed by atoms with E-state index in [1.807, 2.05) is 24.3 Å². The van der Waals surface area contributed by atoms with Crippen molar-refractivity contribution >= 4 is 56.8 Å². The van der Waals surface area contributed by atoms with Gasteiger partial charge in [-0.15, -0.1) is 0 Å². The van der Waals surface area contributed by atoms with Crippen molar-refractivity contribution in [2.45, 2.75) is 12.5 Å². The molecule has 0 radical (unpaired) electrons. The van der Waals surface area contributed by atoms with E-state index in [1.54, 1.807) is 24.3 Å². The van der Waals surface area contributed by atoms with Gasteiger partial charge in [-0.05, 0) is 39.7 Å². The highest BCUT2D eigenvalue weighted by Gasteiger charge is 2.29. The van der Waals surface area contributed by atoms with Gasteiger partial charge in [-0.1, -0.05) is 41.9 Å². The van der Waals surface area contributed by atoms with Gasteiger partial charge >= 0.3 is 0 Å². The number of H-pyrrole nitrogens is 1. The smallest absolute Gasteiger partial charge is 0.273 e. The molecule has 8 nitrogen and oxygen atoms in total. The molecule has 2 heterocycles. The minimum absolute atomic E-state index is 0.0103. The lowest BCUT2D eigenvalue weighted by Crippen LogP contribution is -2.47. The van der Waals surface area contributed by atoms with Crippen molar-refractivity contribution in [2.75, 3.05) is 10.6 Å². The molecule has 10 heteroatoms. The van der Waals surface area contributed by atoms with Crippen LogP contribution in [0.15, 0.2) is 53.0 Å². The number of hydrogen-bond acceptors (Lipinski definition) is 4. The molecule has 3 amide bonds. The molecule has 1 aliphatic rings. The lowest BCUT2D eigenvalue weighted by Gasteiger charge is -2.25. The number of carbonyl (C=O) groups excluding carboxylic acids is 3. The zero-order valence-electron chi connectivity index (χ0n) is 15.3. The first kappa shape index (κ1) is 20.1. The largest absolute Gasteiger partial charge is 0.338 e. The summed E-state index contributed by atoms with van der Waals surface area (Å²) in [6.45, 7) is 0. The number of carbonyl (C=O) groups is 3. The molecule has 3 aromatic rings. The van der Waals surface area contributed by atoms with Crippen LogP contribution in [-0.4, -0.2) is 34.0 Å². The Morgan fingerprint density at radius 3 is 2.63 bits per heavy atom. The number of benzene rings is 2. The molecular formula is C20H15BrClN5O3. The van der Waals surface area contributed by atoms with Crippen molar-refractivity contribution in [2.24, 2.45) is 0 Å². The average Bonchev–Trinajstić information content (AvgIpc) is 3.09. The minimum Gasteiger partial charge on any atom is -0.338 e. The number of aromatic amines is 1. The van der Waals surface area contributed by atoms with Crippen LogP contribution in [-0.2, 0) is 11.2 Å². The number of nitrogens with zero attached hydrogens (tertiary/aromatic N) is 1. The van der Waals surface area contributed by atoms with E-state index in [-0.39, 0.29) is 27.5 Å². The number of halogens is 2. The van der Waals surface area contributed by atoms with E-state index < -0.39 is 17.9 Å². The summed E-state index contributed by atoms with van der Waals surface area (Å²) in [6, 6.07) is 13.2. The van der Waals surface area contributed by atoms with Gasteiger partial charge in [0.15, 0.2) is 5.69 Å². The molecule has 1 unspecified atom stereocenters. The summed E-state index contributed by atoms with van der Waals surface area (Å²) < 4.78 is 0.261. The number of hydrogen-bond donors (Lipinski definition) is 4. The van der Waals surface area contributed by atoms with E-state index in [0.717, 1.165) is 11.3 Å². The number of fused-ring (bicyclic) bond motifs is 1. The second kappa shape index (κ2) is 8.29. The maximum Gasteiger partial charge on any atom is 0.273 e. The van der Waals surface area contributed by atoms with Crippen LogP contribution in [0.25, 0.3) is 0 Å². The third kappa shape index (κ3) is 3.94. The molecule has 152 valence electrons. The molecule has 0 fully saturated rings. The number of para-hydroxylation sites is 1. The highest BCUT2D eigenvalue weighted by Crippen LogP contribution is 2.26. The van der Waals surface area contributed by atoms with Crippen molar-refractivity contribution in [1.82, 2.24) is 15.5 Å². The Hall–Kier alpha value is -3.17. The molecule has 0 saturated carbocycles. The van der Waals surface area contributed by atoms with Crippen molar-refractivity contribution in [1.29, 1.82) is 0 Å². The van der Waals surface area contributed by atoms with Gasteiger partial charge in [0.2, 0.25) is 5.91 Å². The quantitative estimate of drug-likeness (QED) is 0.450. The Morgan fingerprint density at radius 2 is 1.83 bits per heavy atom. The van der Waals surface area contributed by atoms with Crippen molar-refractivity contribution < 1.29 is 14.4 Å². The number of rotatable bonds is 4. The van der Waals surface area contributed by atoms with E-state index in [0.29, 0.717) is 11.4 Å². The van der Waals surface area contributed by atoms with Gasteiger partial charge in [0, 0.05) is 12.1 Å². The molecule has 2 aromatic carbocycles. The predicted molar refractivity (Wildman–Crippen MR) is 116 cm³/mol. The van der Waals surface area contributed by atoms with Crippen molar-refractivity contribution in [3.63, 3.8) is 0 Å².